The summed E-state index contributed by atoms with van der Waals surface area (Å²) in [5.74, 6) is -1.65. The SMILES string of the molecule is CCOC(=O)c1sc(N2C(=O)C(=O)/C(=C(/O)c3ccc4c(c3)OCCO4)C2c2ccc(I)cc2)nc1C. The minimum Gasteiger partial charge on any atom is -0.507 e. The summed E-state index contributed by atoms with van der Waals surface area (Å²) in [5.41, 5.74) is 1.20. The maximum absolute atomic E-state index is 13.4. The van der Waals surface area contributed by atoms with Gasteiger partial charge in [0.25, 0.3) is 5.78 Å². The topological polar surface area (TPSA) is 115 Å². The molecule has 2 aliphatic rings. The zero-order valence-electron chi connectivity index (χ0n) is 19.8. The lowest BCUT2D eigenvalue weighted by atomic mass is 9.95. The molecule has 1 fully saturated rings. The fourth-order valence-electron chi connectivity index (χ4n) is 4.21. The maximum Gasteiger partial charge on any atom is 0.350 e. The third kappa shape index (κ3) is 4.57. The number of hydrogen-bond donors (Lipinski definition) is 1. The van der Waals surface area contributed by atoms with Crippen molar-refractivity contribution in [2.45, 2.75) is 19.9 Å². The highest BCUT2D eigenvalue weighted by atomic mass is 127. The Morgan fingerprint density at radius 2 is 1.86 bits per heavy atom. The van der Waals surface area contributed by atoms with Crippen molar-refractivity contribution >= 4 is 62.5 Å². The van der Waals surface area contributed by atoms with Gasteiger partial charge in [0.1, 0.15) is 23.9 Å². The van der Waals surface area contributed by atoms with Crippen molar-refractivity contribution in [2.75, 3.05) is 24.7 Å². The number of carbonyl (C=O) groups is 3. The van der Waals surface area contributed by atoms with E-state index in [1.807, 2.05) is 12.1 Å². The number of nitrogens with zero attached hydrogens (tertiary/aromatic N) is 2. The molecule has 37 heavy (non-hydrogen) atoms. The summed E-state index contributed by atoms with van der Waals surface area (Å²) in [6.07, 6.45) is 0. The molecule has 5 rings (SSSR count). The molecule has 1 saturated heterocycles. The van der Waals surface area contributed by atoms with Crippen LogP contribution in [0.15, 0.2) is 48.0 Å². The summed E-state index contributed by atoms with van der Waals surface area (Å²) in [7, 11) is 0. The standard InChI is InChI=1S/C26H21IN2O7S/c1-3-34-25(33)23-13(2)28-26(37-23)29-20(14-4-7-16(27)8-5-14)19(22(31)24(29)32)21(30)15-6-9-17-18(12-15)36-11-10-35-17/h4-9,12,20,30H,3,10-11H2,1-2H3/b21-19+. The van der Waals surface area contributed by atoms with E-state index in [-0.39, 0.29) is 27.9 Å². The number of rotatable bonds is 5. The second-order valence-corrected chi connectivity index (χ2v) is 10.4. The van der Waals surface area contributed by atoms with Gasteiger partial charge < -0.3 is 19.3 Å². The second-order valence-electron chi connectivity index (χ2n) is 8.21. The quantitative estimate of drug-likeness (QED) is 0.142. The van der Waals surface area contributed by atoms with Gasteiger partial charge in [-0.3, -0.25) is 14.5 Å². The van der Waals surface area contributed by atoms with Crippen molar-refractivity contribution in [2.24, 2.45) is 0 Å². The van der Waals surface area contributed by atoms with Gasteiger partial charge in [-0.1, -0.05) is 23.5 Å². The monoisotopic (exact) mass is 632 g/mol. The minimum absolute atomic E-state index is 0.0894. The Morgan fingerprint density at radius 1 is 1.16 bits per heavy atom. The van der Waals surface area contributed by atoms with E-state index in [4.69, 9.17) is 14.2 Å². The van der Waals surface area contributed by atoms with E-state index in [0.29, 0.717) is 41.5 Å². The highest BCUT2D eigenvalue weighted by molar-refractivity contribution is 14.1. The van der Waals surface area contributed by atoms with Gasteiger partial charge in [-0.25, -0.2) is 9.78 Å². The van der Waals surface area contributed by atoms with Crippen molar-refractivity contribution in [1.29, 1.82) is 0 Å². The van der Waals surface area contributed by atoms with Crippen LogP contribution in [0.2, 0.25) is 0 Å². The molecule has 190 valence electrons. The third-order valence-corrected chi connectivity index (χ3v) is 7.75. The number of fused-ring (bicyclic) bond motifs is 1. The van der Waals surface area contributed by atoms with Crippen LogP contribution in [0.25, 0.3) is 5.76 Å². The lowest BCUT2D eigenvalue weighted by Crippen LogP contribution is -2.29. The van der Waals surface area contributed by atoms with Gasteiger partial charge in [0.15, 0.2) is 16.6 Å². The summed E-state index contributed by atoms with van der Waals surface area (Å²) in [6.45, 7) is 4.29. The fourth-order valence-corrected chi connectivity index (χ4v) is 5.55. The van der Waals surface area contributed by atoms with Gasteiger partial charge in [-0.2, -0.15) is 0 Å². The number of thiazole rings is 1. The molecule has 11 heteroatoms. The number of aliphatic hydroxyl groups is 1. The normalized spacial score (nSPS) is 18.2. The number of Topliss-reactive ketones (excluding diaryl/α,β-unsaturated/α-hetero) is 1. The van der Waals surface area contributed by atoms with Crippen LogP contribution in [0.1, 0.15) is 39.5 Å². The van der Waals surface area contributed by atoms with Crippen molar-refractivity contribution in [3.05, 3.63) is 73.3 Å². The Bertz CT molecular complexity index is 1450. The number of hydrogen-bond acceptors (Lipinski definition) is 9. The lowest BCUT2D eigenvalue weighted by molar-refractivity contribution is -0.132. The second kappa shape index (κ2) is 10.1. The molecule has 0 saturated carbocycles. The number of anilines is 1. The number of aliphatic hydroxyl groups excluding tert-OH is 1. The zero-order valence-corrected chi connectivity index (χ0v) is 22.8. The van der Waals surface area contributed by atoms with Crippen molar-refractivity contribution in [1.82, 2.24) is 4.98 Å². The Hall–Kier alpha value is -3.45. The van der Waals surface area contributed by atoms with E-state index in [2.05, 4.69) is 27.6 Å². The summed E-state index contributed by atoms with van der Waals surface area (Å²) in [4.78, 5) is 45.1. The molecular weight excluding hydrogens is 611 g/mol. The van der Waals surface area contributed by atoms with Crippen LogP contribution in [-0.2, 0) is 14.3 Å². The summed E-state index contributed by atoms with van der Waals surface area (Å²) < 4.78 is 17.2. The third-order valence-electron chi connectivity index (χ3n) is 5.90. The van der Waals surface area contributed by atoms with E-state index in [0.717, 1.165) is 14.9 Å². The smallest absolute Gasteiger partial charge is 0.350 e. The Balaban J connectivity index is 1.66. The van der Waals surface area contributed by atoms with Crippen molar-refractivity contribution < 1.29 is 33.7 Å². The first-order chi connectivity index (χ1) is 17.8. The van der Waals surface area contributed by atoms with Crippen LogP contribution in [0.4, 0.5) is 5.13 Å². The first kappa shape index (κ1) is 25.2. The number of esters is 1. The molecule has 1 atom stereocenters. The summed E-state index contributed by atoms with van der Waals surface area (Å²) in [5, 5.41) is 11.5. The van der Waals surface area contributed by atoms with Gasteiger partial charge in [0.2, 0.25) is 0 Å². The van der Waals surface area contributed by atoms with Gasteiger partial charge >= 0.3 is 11.9 Å². The van der Waals surface area contributed by atoms with Crippen LogP contribution < -0.4 is 14.4 Å². The maximum atomic E-state index is 13.4. The molecule has 2 aliphatic heterocycles. The van der Waals surface area contributed by atoms with Gasteiger partial charge in [0, 0.05) is 9.13 Å². The average Bonchev–Trinajstić information content (AvgIpc) is 3.40. The highest BCUT2D eigenvalue weighted by Gasteiger charge is 2.48. The molecule has 1 amide bonds. The number of carbonyl (C=O) groups excluding carboxylic acids is 3. The van der Waals surface area contributed by atoms with Crippen molar-refractivity contribution in [3.63, 3.8) is 0 Å². The van der Waals surface area contributed by atoms with Crippen LogP contribution in [0.3, 0.4) is 0 Å². The number of amides is 1. The first-order valence-corrected chi connectivity index (χ1v) is 13.3. The molecule has 0 radical (unpaired) electrons. The molecular formula is C26H21IN2O7S. The predicted octanol–water partition coefficient (Wildman–Crippen LogP) is 4.63. The number of aromatic nitrogens is 1. The van der Waals surface area contributed by atoms with Crippen LogP contribution in [0, 0.1) is 10.5 Å². The van der Waals surface area contributed by atoms with Gasteiger partial charge in [0.05, 0.1) is 23.9 Å². The van der Waals surface area contributed by atoms with E-state index in [9.17, 15) is 19.5 Å². The Kier molecular flexibility index (Phi) is 6.90. The van der Waals surface area contributed by atoms with Gasteiger partial charge in [-0.15, -0.1) is 0 Å². The summed E-state index contributed by atoms with van der Waals surface area (Å²) >= 11 is 3.12. The van der Waals surface area contributed by atoms with E-state index >= 15 is 0 Å². The highest BCUT2D eigenvalue weighted by Crippen LogP contribution is 2.44. The lowest BCUT2D eigenvalue weighted by Gasteiger charge is -2.23. The van der Waals surface area contributed by atoms with E-state index < -0.39 is 23.7 Å². The first-order valence-electron chi connectivity index (χ1n) is 11.4. The average molecular weight is 632 g/mol. The Labute approximate surface area is 229 Å². The number of aryl methyl sites for hydroxylation is 1. The number of benzene rings is 2. The Morgan fingerprint density at radius 3 is 2.57 bits per heavy atom. The van der Waals surface area contributed by atoms with Crippen LogP contribution in [0.5, 0.6) is 11.5 Å². The molecule has 1 aromatic heterocycles. The van der Waals surface area contributed by atoms with Crippen LogP contribution in [-0.4, -0.2) is 47.6 Å². The predicted molar refractivity (Wildman–Crippen MR) is 144 cm³/mol. The summed E-state index contributed by atoms with van der Waals surface area (Å²) in [6, 6.07) is 11.1. The van der Waals surface area contributed by atoms with E-state index in [1.165, 1.54) is 4.90 Å². The molecule has 9 nitrogen and oxygen atoms in total. The molecule has 0 spiro atoms. The van der Waals surface area contributed by atoms with Crippen LogP contribution >= 0.6 is 33.9 Å². The molecule has 0 bridgehead atoms. The fraction of sp³-hybridized carbons (Fsp3) is 0.231. The molecule has 3 heterocycles. The van der Waals surface area contributed by atoms with Gasteiger partial charge in [-0.05, 0) is 72.3 Å². The number of ketones is 1. The largest absolute Gasteiger partial charge is 0.507 e. The van der Waals surface area contributed by atoms with E-state index in [1.54, 1.807) is 44.2 Å². The molecule has 2 aromatic carbocycles. The molecule has 3 aromatic rings. The molecule has 1 N–H and O–H groups in total. The minimum atomic E-state index is -0.967. The molecule has 0 aliphatic carbocycles. The molecule has 1 unspecified atom stereocenters. The number of halogens is 1. The van der Waals surface area contributed by atoms with Crippen molar-refractivity contribution in [3.8, 4) is 11.5 Å². The number of ether oxygens (including phenoxy) is 3. The zero-order chi connectivity index (χ0) is 26.3.